The van der Waals surface area contributed by atoms with Crippen molar-refractivity contribution >= 4 is 16.0 Å². The van der Waals surface area contributed by atoms with E-state index in [1.54, 1.807) is 19.2 Å². The SMILES string of the molecule is COC1CC(NS(=O)(=O)c2ccc(CCC(=O)O)cc2)C1. The molecule has 0 atom stereocenters. The van der Waals surface area contributed by atoms with E-state index in [2.05, 4.69) is 4.72 Å². The van der Waals surface area contributed by atoms with Crippen LogP contribution in [0.2, 0.25) is 0 Å². The lowest BCUT2D eigenvalue weighted by molar-refractivity contribution is -0.136. The second-order valence-corrected chi connectivity index (χ2v) is 6.90. The smallest absolute Gasteiger partial charge is 0.303 e. The molecule has 0 saturated heterocycles. The number of carboxylic acids is 1. The van der Waals surface area contributed by atoms with E-state index in [1.807, 2.05) is 0 Å². The van der Waals surface area contributed by atoms with Crippen LogP contribution < -0.4 is 4.72 Å². The van der Waals surface area contributed by atoms with Gasteiger partial charge >= 0.3 is 5.97 Å². The first-order valence-corrected chi connectivity index (χ1v) is 8.25. The topological polar surface area (TPSA) is 92.7 Å². The molecule has 0 amide bonds. The number of hydrogen-bond donors (Lipinski definition) is 2. The minimum absolute atomic E-state index is 0.0326. The summed E-state index contributed by atoms with van der Waals surface area (Å²) in [4.78, 5) is 10.7. The van der Waals surface area contributed by atoms with Crippen LogP contribution in [0, 0.1) is 0 Å². The van der Waals surface area contributed by atoms with Gasteiger partial charge in [0.1, 0.15) is 0 Å². The quantitative estimate of drug-likeness (QED) is 0.788. The second kappa shape index (κ2) is 6.55. The van der Waals surface area contributed by atoms with Crippen molar-refractivity contribution in [2.45, 2.75) is 42.7 Å². The maximum Gasteiger partial charge on any atom is 0.303 e. The summed E-state index contributed by atoms with van der Waals surface area (Å²) in [5.41, 5.74) is 0.805. The number of aryl methyl sites for hydroxylation is 1. The Labute approximate surface area is 124 Å². The summed E-state index contributed by atoms with van der Waals surface area (Å²) in [5, 5.41) is 8.62. The van der Waals surface area contributed by atoms with Crippen LogP contribution in [0.1, 0.15) is 24.8 Å². The first kappa shape index (κ1) is 15.9. The average molecular weight is 313 g/mol. The monoisotopic (exact) mass is 313 g/mol. The predicted molar refractivity (Wildman–Crippen MR) is 76.5 cm³/mol. The minimum atomic E-state index is -3.52. The van der Waals surface area contributed by atoms with Crippen LogP contribution in [0.25, 0.3) is 0 Å². The molecule has 21 heavy (non-hydrogen) atoms. The fourth-order valence-corrected chi connectivity index (χ4v) is 3.49. The van der Waals surface area contributed by atoms with Crippen molar-refractivity contribution < 1.29 is 23.1 Å². The van der Waals surface area contributed by atoms with Crippen LogP contribution in [-0.4, -0.2) is 38.7 Å². The Morgan fingerprint density at radius 1 is 1.33 bits per heavy atom. The number of aliphatic carboxylic acids is 1. The van der Waals surface area contributed by atoms with Gasteiger partial charge in [-0.3, -0.25) is 4.79 Å². The molecule has 1 fully saturated rings. The normalized spacial score (nSPS) is 21.8. The Hall–Kier alpha value is -1.44. The van der Waals surface area contributed by atoms with Crippen molar-refractivity contribution in [1.29, 1.82) is 0 Å². The molecular weight excluding hydrogens is 294 g/mol. The average Bonchev–Trinajstić information content (AvgIpc) is 2.40. The number of benzene rings is 1. The van der Waals surface area contributed by atoms with Crippen molar-refractivity contribution in [2.24, 2.45) is 0 Å². The highest BCUT2D eigenvalue weighted by atomic mass is 32.2. The van der Waals surface area contributed by atoms with Crippen molar-refractivity contribution in [2.75, 3.05) is 7.11 Å². The molecule has 0 unspecified atom stereocenters. The number of carbonyl (C=O) groups is 1. The lowest BCUT2D eigenvalue weighted by atomic mass is 9.90. The summed E-state index contributed by atoms with van der Waals surface area (Å²) in [6, 6.07) is 6.23. The largest absolute Gasteiger partial charge is 0.481 e. The molecule has 0 spiro atoms. The molecule has 2 rings (SSSR count). The first-order chi connectivity index (χ1) is 9.90. The number of ether oxygens (including phenoxy) is 1. The van der Waals surface area contributed by atoms with E-state index >= 15 is 0 Å². The zero-order valence-corrected chi connectivity index (χ0v) is 12.6. The van der Waals surface area contributed by atoms with E-state index in [0.717, 1.165) is 5.56 Å². The molecule has 116 valence electrons. The Morgan fingerprint density at radius 3 is 2.48 bits per heavy atom. The molecule has 7 heteroatoms. The number of carboxylic acid groups (broad SMARTS) is 1. The predicted octanol–water partition coefficient (Wildman–Crippen LogP) is 1.16. The third-order valence-electron chi connectivity index (χ3n) is 3.61. The molecule has 6 nitrogen and oxygen atoms in total. The van der Waals surface area contributed by atoms with Crippen LogP contribution in [-0.2, 0) is 26.0 Å². The van der Waals surface area contributed by atoms with Gasteiger partial charge in [0.2, 0.25) is 10.0 Å². The highest BCUT2D eigenvalue weighted by molar-refractivity contribution is 7.89. The fraction of sp³-hybridized carbons (Fsp3) is 0.500. The van der Waals surface area contributed by atoms with E-state index in [0.29, 0.717) is 19.3 Å². The first-order valence-electron chi connectivity index (χ1n) is 6.76. The molecule has 2 N–H and O–H groups in total. The van der Waals surface area contributed by atoms with Crippen molar-refractivity contribution in [3.05, 3.63) is 29.8 Å². The van der Waals surface area contributed by atoms with Crippen LogP contribution in [0.3, 0.4) is 0 Å². The van der Waals surface area contributed by atoms with Crippen LogP contribution >= 0.6 is 0 Å². The van der Waals surface area contributed by atoms with Gasteiger partial charge in [0.25, 0.3) is 0 Å². The van der Waals surface area contributed by atoms with Gasteiger partial charge in [-0.05, 0) is 37.0 Å². The molecule has 1 saturated carbocycles. The van der Waals surface area contributed by atoms with E-state index in [4.69, 9.17) is 9.84 Å². The number of rotatable bonds is 7. The Morgan fingerprint density at radius 2 is 1.95 bits per heavy atom. The van der Waals surface area contributed by atoms with E-state index in [-0.39, 0.29) is 23.5 Å². The zero-order chi connectivity index (χ0) is 15.5. The summed E-state index contributed by atoms with van der Waals surface area (Å²) in [7, 11) is -1.91. The standard InChI is InChI=1S/C14H19NO5S/c1-20-12-8-11(9-12)15-21(18,19)13-5-2-10(3-6-13)4-7-14(16)17/h2-3,5-6,11-12,15H,4,7-9H2,1H3,(H,16,17). The molecule has 0 aliphatic heterocycles. The van der Waals surface area contributed by atoms with Gasteiger partial charge in [-0.25, -0.2) is 13.1 Å². The van der Waals surface area contributed by atoms with Gasteiger partial charge in [-0.15, -0.1) is 0 Å². The molecule has 0 aromatic heterocycles. The molecule has 1 aromatic carbocycles. The molecule has 1 aliphatic carbocycles. The van der Waals surface area contributed by atoms with Crippen LogP contribution in [0.4, 0.5) is 0 Å². The van der Waals surface area contributed by atoms with Gasteiger partial charge in [0.05, 0.1) is 11.0 Å². The Bertz CT molecular complexity index is 590. The fourth-order valence-electron chi connectivity index (χ4n) is 2.23. The highest BCUT2D eigenvalue weighted by Crippen LogP contribution is 2.24. The minimum Gasteiger partial charge on any atom is -0.481 e. The Kier molecular flexibility index (Phi) is 4.97. The summed E-state index contributed by atoms with van der Waals surface area (Å²) >= 11 is 0. The molecular formula is C14H19NO5S. The maximum atomic E-state index is 12.2. The maximum absolute atomic E-state index is 12.2. The van der Waals surface area contributed by atoms with Gasteiger partial charge < -0.3 is 9.84 Å². The number of methoxy groups -OCH3 is 1. The van der Waals surface area contributed by atoms with Gasteiger partial charge in [0, 0.05) is 19.6 Å². The van der Waals surface area contributed by atoms with Gasteiger partial charge in [0.15, 0.2) is 0 Å². The molecule has 1 aliphatic rings. The number of sulfonamides is 1. The lowest BCUT2D eigenvalue weighted by Gasteiger charge is -2.34. The number of nitrogens with one attached hydrogen (secondary N) is 1. The Balaban J connectivity index is 1.95. The molecule has 1 aromatic rings. The second-order valence-electron chi connectivity index (χ2n) is 5.19. The van der Waals surface area contributed by atoms with Gasteiger partial charge in [-0.2, -0.15) is 0 Å². The number of hydrogen-bond acceptors (Lipinski definition) is 4. The summed E-state index contributed by atoms with van der Waals surface area (Å²) in [6.45, 7) is 0. The van der Waals surface area contributed by atoms with E-state index in [9.17, 15) is 13.2 Å². The summed E-state index contributed by atoms with van der Waals surface area (Å²) in [5.74, 6) is -0.869. The zero-order valence-electron chi connectivity index (χ0n) is 11.8. The summed E-state index contributed by atoms with van der Waals surface area (Å²) < 4.78 is 32.1. The third kappa shape index (κ3) is 4.26. The van der Waals surface area contributed by atoms with Crippen molar-refractivity contribution in [3.63, 3.8) is 0 Å². The lowest BCUT2D eigenvalue weighted by Crippen LogP contribution is -2.47. The van der Waals surface area contributed by atoms with Crippen LogP contribution in [0.5, 0.6) is 0 Å². The molecule has 0 bridgehead atoms. The molecule has 0 heterocycles. The highest BCUT2D eigenvalue weighted by Gasteiger charge is 2.32. The van der Waals surface area contributed by atoms with Gasteiger partial charge in [-0.1, -0.05) is 12.1 Å². The van der Waals surface area contributed by atoms with Crippen molar-refractivity contribution in [3.8, 4) is 0 Å². The van der Waals surface area contributed by atoms with Crippen molar-refractivity contribution in [1.82, 2.24) is 4.72 Å². The molecule has 0 radical (unpaired) electrons. The van der Waals surface area contributed by atoms with Crippen LogP contribution in [0.15, 0.2) is 29.2 Å². The third-order valence-corrected chi connectivity index (χ3v) is 5.15. The van der Waals surface area contributed by atoms with E-state index < -0.39 is 16.0 Å². The summed E-state index contributed by atoms with van der Waals surface area (Å²) in [6.07, 6.45) is 1.93. The van der Waals surface area contributed by atoms with E-state index in [1.165, 1.54) is 12.1 Å².